The number of halogens is 9. The van der Waals surface area contributed by atoms with Gasteiger partial charge in [0.15, 0.2) is 5.82 Å². The summed E-state index contributed by atoms with van der Waals surface area (Å²) in [6.45, 7) is 1.05. The molecule has 1 amide bonds. The van der Waals surface area contributed by atoms with Gasteiger partial charge in [0.1, 0.15) is 0 Å². The lowest BCUT2D eigenvalue weighted by Gasteiger charge is -2.31. The summed E-state index contributed by atoms with van der Waals surface area (Å²) >= 11 is 2.72. The topological polar surface area (TPSA) is 55.1 Å². The molecule has 3 nitrogen and oxygen atoms in total. The maximum Gasteiger partial charge on any atom is 0.435 e. The monoisotopic (exact) mass is 490 g/mol. The fourth-order valence-corrected chi connectivity index (χ4v) is 3.15. The summed E-state index contributed by atoms with van der Waals surface area (Å²) in [4.78, 5) is 12.2. The van der Waals surface area contributed by atoms with Gasteiger partial charge in [-0.15, -0.1) is 0 Å². The molecule has 0 atom stereocenters. The molecule has 0 aromatic heterocycles. The first kappa shape index (κ1) is 22.9. The first-order valence-electron chi connectivity index (χ1n) is 7.59. The molecule has 2 aromatic rings. The number of hydrogen-bond acceptors (Lipinski definition) is 2. The van der Waals surface area contributed by atoms with Gasteiger partial charge in [-0.25, -0.2) is 8.78 Å². The van der Waals surface area contributed by atoms with Crippen molar-refractivity contribution in [2.24, 2.45) is 0 Å². The summed E-state index contributed by atoms with van der Waals surface area (Å²) in [6.07, 6.45) is -12.6. The van der Waals surface area contributed by atoms with Crippen molar-refractivity contribution in [1.82, 2.24) is 0 Å². The fourth-order valence-electron chi connectivity index (χ4n) is 2.50. The van der Waals surface area contributed by atoms with Crippen LogP contribution in [-0.4, -0.2) is 18.3 Å². The molecule has 0 aliphatic carbocycles. The van der Waals surface area contributed by atoms with E-state index in [9.17, 15) is 39.9 Å². The predicted octanol–water partition coefficient (Wildman–Crippen LogP) is 6.02. The van der Waals surface area contributed by atoms with E-state index in [0.717, 1.165) is 13.0 Å². The lowest BCUT2D eigenvalue weighted by Crippen LogP contribution is -2.50. The number of carbonyl (C=O) groups excluding carboxylic acids is 1. The Morgan fingerprint density at radius 1 is 1.03 bits per heavy atom. The van der Waals surface area contributed by atoms with Crippen LogP contribution in [0.1, 0.15) is 21.5 Å². The molecule has 0 bridgehead atoms. The van der Waals surface area contributed by atoms with E-state index < -0.39 is 45.3 Å². The molecule has 2 aromatic carbocycles. The maximum absolute atomic E-state index is 14.2. The van der Waals surface area contributed by atoms with Crippen LogP contribution in [0, 0.1) is 12.7 Å². The largest absolute Gasteiger partial charge is 0.435 e. The normalized spacial score (nSPS) is 12.8. The Kier molecular flexibility index (Phi) is 5.90. The van der Waals surface area contributed by atoms with Gasteiger partial charge in [-0.2, -0.15) is 26.3 Å². The van der Waals surface area contributed by atoms with Gasteiger partial charge in [0.2, 0.25) is 0 Å². The SMILES string of the molecule is Cc1cc(C(F)(C(F)(F)F)C(F)(F)F)cc(Br)c1NC(=O)c1cccc(N)c1F. The molecule has 2 rings (SSSR count). The molecule has 0 fully saturated rings. The predicted molar refractivity (Wildman–Crippen MR) is 92.5 cm³/mol. The van der Waals surface area contributed by atoms with Crippen LogP contribution in [-0.2, 0) is 5.67 Å². The van der Waals surface area contributed by atoms with E-state index in [1.54, 1.807) is 0 Å². The molecule has 0 unspecified atom stereocenters. The van der Waals surface area contributed by atoms with Crippen molar-refractivity contribution in [3.63, 3.8) is 0 Å². The van der Waals surface area contributed by atoms with Gasteiger partial charge in [-0.1, -0.05) is 12.1 Å². The van der Waals surface area contributed by atoms with Gasteiger partial charge in [-0.3, -0.25) is 4.79 Å². The van der Waals surface area contributed by atoms with E-state index in [0.29, 0.717) is 6.07 Å². The van der Waals surface area contributed by atoms with Crippen LogP contribution >= 0.6 is 15.9 Å². The third-order valence-electron chi connectivity index (χ3n) is 3.98. The molecule has 0 saturated heterocycles. The van der Waals surface area contributed by atoms with Crippen molar-refractivity contribution in [3.8, 4) is 0 Å². The Labute approximate surface area is 167 Å². The van der Waals surface area contributed by atoms with Crippen LogP contribution in [0.3, 0.4) is 0 Å². The van der Waals surface area contributed by atoms with Crippen LogP contribution in [0.4, 0.5) is 46.5 Å². The van der Waals surface area contributed by atoms with E-state index >= 15 is 0 Å². The van der Waals surface area contributed by atoms with Gasteiger partial charge in [-0.05, 0) is 46.6 Å². The third-order valence-corrected chi connectivity index (χ3v) is 4.60. The number of benzene rings is 2. The molecule has 0 heterocycles. The highest BCUT2D eigenvalue weighted by atomic mass is 79.9. The van der Waals surface area contributed by atoms with E-state index in [1.165, 1.54) is 12.1 Å². The molecule has 158 valence electrons. The minimum Gasteiger partial charge on any atom is -0.396 e. The fraction of sp³-hybridized carbons (Fsp3) is 0.235. The maximum atomic E-state index is 14.2. The first-order chi connectivity index (χ1) is 13.1. The zero-order valence-corrected chi connectivity index (χ0v) is 15.9. The molecular formula is C17H11BrF8N2O. The number of aryl methyl sites for hydroxylation is 1. The number of hydrogen-bond donors (Lipinski definition) is 2. The van der Waals surface area contributed by atoms with Crippen molar-refractivity contribution in [2.45, 2.75) is 24.9 Å². The van der Waals surface area contributed by atoms with Gasteiger partial charge >= 0.3 is 18.0 Å². The minimum absolute atomic E-state index is 0.249. The standard InChI is InChI=1S/C17H11BrF8N2O/c1-7-5-8(15(20,16(21,22)23)17(24,25)26)6-10(18)13(7)28-14(29)9-3-2-4-11(27)12(9)19/h2-6H,27H2,1H3,(H,28,29). The second-order valence-electron chi connectivity index (χ2n) is 5.97. The lowest BCUT2D eigenvalue weighted by molar-refractivity contribution is -0.348. The van der Waals surface area contributed by atoms with Crippen LogP contribution in [0.2, 0.25) is 0 Å². The average molecular weight is 491 g/mol. The highest BCUT2D eigenvalue weighted by molar-refractivity contribution is 9.10. The van der Waals surface area contributed by atoms with Crippen LogP contribution in [0.5, 0.6) is 0 Å². The number of nitrogens with two attached hydrogens (primary N) is 1. The van der Waals surface area contributed by atoms with E-state index in [2.05, 4.69) is 21.2 Å². The van der Waals surface area contributed by atoms with Crippen LogP contribution in [0.25, 0.3) is 0 Å². The molecule has 0 radical (unpaired) electrons. The van der Waals surface area contributed by atoms with Gasteiger partial charge in [0, 0.05) is 10.0 Å². The Bertz CT molecular complexity index is 918. The molecule has 3 N–H and O–H groups in total. The van der Waals surface area contributed by atoms with Crippen molar-refractivity contribution < 1.29 is 39.9 Å². The molecule has 0 aliphatic heterocycles. The molecule has 0 spiro atoms. The van der Waals surface area contributed by atoms with E-state index in [4.69, 9.17) is 5.73 Å². The summed E-state index contributed by atoms with van der Waals surface area (Å²) in [6, 6.07) is 4.06. The summed E-state index contributed by atoms with van der Waals surface area (Å²) in [5, 5.41) is 2.15. The van der Waals surface area contributed by atoms with Crippen molar-refractivity contribution >= 4 is 33.2 Å². The Balaban J connectivity index is 2.52. The number of nitrogen functional groups attached to an aromatic ring is 1. The second-order valence-corrected chi connectivity index (χ2v) is 6.82. The molecular weight excluding hydrogens is 480 g/mol. The van der Waals surface area contributed by atoms with Gasteiger partial charge < -0.3 is 11.1 Å². The van der Waals surface area contributed by atoms with E-state index in [1.807, 2.05) is 0 Å². The molecule has 29 heavy (non-hydrogen) atoms. The molecule has 0 saturated carbocycles. The third kappa shape index (κ3) is 4.02. The number of nitrogens with one attached hydrogen (secondary N) is 1. The van der Waals surface area contributed by atoms with E-state index in [-0.39, 0.29) is 23.0 Å². The number of amides is 1. The number of carbonyl (C=O) groups is 1. The van der Waals surface area contributed by atoms with Crippen molar-refractivity contribution in [2.75, 3.05) is 11.1 Å². The minimum atomic E-state index is -6.29. The highest BCUT2D eigenvalue weighted by Gasteiger charge is 2.73. The smallest absolute Gasteiger partial charge is 0.396 e. The molecule has 0 aliphatic rings. The Hall–Kier alpha value is -2.37. The number of alkyl halides is 7. The van der Waals surface area contributed by atoms with Crippen LogP contribution < -0.4 is 11.1 Å². The summed E-state index contributed by atoms with van der Waals surface area (Å²) in [5.74, 6) is -2.13. The summed E-state index contributed by atoms with van der Waals surface area (Å²) in [7, 11) is 0. The number of rotatable bonds is 3. The Morgan fingerprint density at radius 2 is 1.59 bits per heavy atom. The zero-order valence-electron chi connectivity index (χ0n) is 14.3. The summed E-state index contributed by atoms with van der Waals surface area (Å²) in [5.41, 5.74) is -3.47. The zero-order chi connectivity index (χ0) is 22.4. The second kappa shape index (κ2) is 7.47. The first-order valence-corrected chi connectivity index (χ1v) is 8.39. The average Bonchev–Trinajstić information content (AvgIpc) is 2.57. The Morgan fingerprint density at radius 3 is 2.07 bits per heavy atom. The summed E-state index contributed by atoms with van der Waals surface area (Å²) < 4.78 is 105. The molecule has 12 heteroatoms. The quantitative estimate of drug-likeness (QED) is 0.408. The van der Waals surface area contributed by atoms with Crippen LogP contribution in [0.15, 0.2) is 34.8 Å². The van der Waals surface area contributed by atoms with Crippen molar-refractivity contribution in [1.29, 1.82) is 0 Å². The lowest BCUT2D eigenvalue weighted by atomic mass is 9.92. The number of anilines is 2. The highest BCUT2D eigenvalue weighted by Crippen LogP contribution is 2.54. The van der Waals surface area contributed by atoms with Gasteiger partial charge in [0.25, 0.3) is 5.91 Å². The van der Waals surface area contributed by atoms with Gasteiger partial charge in [0.05, 0.1) is 16.9 Å². The van der Waals surface area contributed by atoms with Crippen molar-refractivity contribution in [3.05, 3.63) is 57.3 Å².